The lowest BCUT2D eigenvalue weighted by Crippen LogP contribution is -2.49. The van der Waals surface area contributed by atoms with Crippen molar-refractivity contribution >= 4 is 33.6 Å². The second-order valence-corrected chi connectivity index (χ2v) is 15.4. The lowest BCUT2D eigenvalue weighted by Gasteiger charge is -2.34. The summed E-state index contributed by atoms with van der Waals surface area (Å²) in [6.07, 6.45) is 11.8. The van der Waals surface area contributed by atoms with E-state index in [0.717, 1.165) is 69.9 Å². The van der Waals surface area contributed by atoms with Gasteiger partial charge >= 0.3 is 0 Å². The van der Waals surface area contributed by atoms with Crippen molar-refractivity contribution in [1.29, 1.82) is 0 Å². The third-order valence-electron chi connectivity index (χ3n) is 11.4. The van der Waals surface area contributed by atoms with Crippen LogP contribution in [0.3, 0.4) is 0 Å². The van der Waals surface area contributed by atoms with Gasteiger partial charge in [0.2, 0.25) is 11.8 Å². The summed E-state index contributed by atoms with van der Waals surface area (Å²) >= 11 is 0. The van der Waals surface area contributed by atoms with E-state index < -0.39 is 6.04 Å². The van der Waals surface area contributed by atoms with Crippen molar-refractivity contribution in [3.05, 3.63) is 121 Å². The van der Waals surface area contributed by atoms with Gasteiger partial charge in [-0.3, -0.25) is 14.6 Å². The SMILES string of the molecule is C=C1CCC(N2Cc3cc(OC4CC(OCC#Cc5ccc(OC6CC(Oc7ccc(-c8ccc9c(c8)[nH]c8ccncc89)cn7)C6)cn5)C4)ccc3C2=O)C(=O)N1. The molecule has 2 aliphatic carbocycles. The normalized spacial score (nSPS) is 22.4. The zero-order chi connectivity index (χ0) is 39.2. The number of benzene rings is 2. The molecule has 0 spiro atoms. The molecule has 0 bridgehead atoms. The zero-order valence-corrected chi connectivity index (χ0v) is 31.6. The molecular weight excluding hydrogens is 733 g/mol. The van der Waals surface area contributed by atoms with Crippen LogP contribution < -0.4 is 19.5 Å². The molecule has 12 nitrogen and oxygen atoms in total. The van der Waals surface area contributed by atoms with Gasteiger partial charge in [-0.1, -0.05) is 24.6 Å². The van der Waals surface area contributed by atoms with E-state index in [1.807, 2.05) is 54.9 Å². The Bertz CT molecular complexity index is 2620. The average Bonchev–Trinajstić information content (AvgIpc) is 3.74. The number of piperidine rings is 1. The molecule has 2 saturated carbocycles. The van der Waals surface area contributed by atoms with E-state index in [0.29, 0.717) is 54.6 Å². The largest absolute Gasteiger partial charge is 0.490 e. The van der Waals surface area contributed by atoms with Crippen molar-refractivity contribution in [3.63, 3.8) is 0 Å². The fraction of sp³-hybridized carbons (Fsp3) is 0.283. The summed E-state index contributed by atoms with van der Waals surface area (Å²) in [5, 5.41) is 5.04. The van der Waals surface area contributed by atoms with Gasteiger partial charge in [-0.2, -0.15) is 0 Å². The Hall–Kier alpha value is -6.71. The van der Waals surface area contributed by atoms with Crippen LogP contribution in [0.5, 0.6) is 17.4 Å². The Labute approximate surface area is 334 Å². The molecule has 0 radical (unpaired) electrons. The van der Waals surface area contributed by atoms with Crippen LogP contribution in [0.4, 0.5) is 0 Å². The number of carbonyl (C=O) groups excluding carboxylic acids is 2. The topological polar surface area (TPSA) is 141 Å². The number of nitrogens with one attached hydrogen (secondary N) is 2. The van der Waals surface area contributed by atoms with Gasteiger partial charge in [-0.25, -0.2) is 9.97 Å². The fourth-order valence-corrected chi connectivity index (χ4v) is 8.08. The molecule has 10 rings (SSSR count). The smallest absolute Gasteiger partial charge is 0.255 e. The van der Waals surface area contributed by atoms with E-state index in [4.69, 9.17) is 18.9 Å². The maximum atomic E-state index is 13.0. The second kappa shape index (κ2) is 15.0. The lowest BCUT2D eigenvalue weighted by molar-refractivity contribution is -0.126. The van der Waals surface area contributed by atoms with Crippen LogP contribution in [0, 0.1) is 11.8 Å². The number of pyridine rings is 3. The molecule has 1 unspecified atom stereocenters. The molecule has 1 atom stereocenters. The van der Waals surface area contributed by atoms with Crippen molar-refractivity contribution in [2.24, 2.45) is 0 Å². The van der Waals surface area contributed by atoms with Gasteiger partial charge < -0.3 is 34.1 Å². The van der Waals surface area contributed by atoms with Gasteiger partial charge in [-0.15, -0.1) is 0 Å². The summed E-state index contributed by atoms with van der Waals surface area (Å²) in [7, 11) is 0. The van der Waals surface area contributed by atoms with Gasteiger partial charge in [0.1, 0.15) is 48.2 Å². The van der Waals surface area contributed by atoms with Gasteiger partial charge in [0.05, 0.1) is 12.3 Å². The average molecular weight is 773 g/mol. The number of rotatable bonds is 10. The summed E-state index contributed by atoms with van der Waals surface area (Å²) in [4.78, 5) is 43.9. The highest BCUT2D eigenvalue weighted by atomic mass is 16.5. The molecule has 6 aromatic rings. The number of aromatic amines is 1. The molecule has 1 saturated heterocycles. The molecule has 2 amide bonds. The molecule has 2 aromatic carbocycles. The van der Waals surface area contributed by atoms with Crippen LogP contribution in [-0.2, 0) is 16.1 Å². The predicted octanol–water partition coefficient (Wildman–Crippen LogP) is 6.89. The summed E-state index contributed by atoms with van der Waals surface area (Å²) in [6, 6.07) is 21.1. The van der Waals surface area contributed by atoms with Crippen LogP contribution in [0.15, 0.2) is 104 Å². The first-order valence-electron chi connectivity index (χ1n) is 19.7. The highest BCUT2D eigenvalue weighted by Crippen LogP contribution is 2.35. The van der Waals surface area contributed by atoms with Gasteiger partial charge in [-0.05, 0) is 78.4 Å². The highest BCUT2D eigenvalue weighted by Gasteiger charge is 2.39. The molecule has 290 valence electrons. The molecule has 2 N–H and O–H groups in total. The predicted molar refractivity (Wildman–Crippen MR) is 216 cm³/mol. The first-order valence-corrected chi connectivity index (χ1v) is 19.7. The molecule has 6 heterocycles. The Morgan fingerprint density at radius 2 is 1.59 bits per heavy atom. The Morgan fingerprint density at radius 3 is 2.40 bits per heavy atom. The lowest BCUT2D eigenvalue weighted by atomic mass is 9.92. The zero-order valence-electron chi connectivity index (χ0n) is 31.6. The number of nitrogens with zero attached hydrogens (tertiary/aromatic N) is 4. The summed E-state index contributed by atoms with van der Waals surface area (Å²) < 4.78 is 24.3. The Morgan fingerprint density at radius 1 is 0.776 bits per heavy atom. The van der Waals surface area contributed by atoms with Crippen LogP contribution in [-0.4, -0.2) is 73.7 Å². The number of allylic oxidation sites excluding steroid dienone is 1. The van der Waals surface area contributed by atoms with Gasteiger partial charge in [0, 0.05) is 95.5 Å². The maximum absolute atomic E-state index is 13.0. The number of hydrogen-bond donors (Lipinski definition) is 2. The monoisotopic (exact) mass is 772 g/mol. The minimum absolute atomic E-state index is 0.0339. The first-order chi connectivity index (χ1) is 28.4. The van der Waals surface area contributed by atoms with Crippen LogP contribution in [0.1, 0.15) is 60.1 Å². The molecular formula is C46H40N6O6. The van der Waals surface area contributed by atoms with E-state index in [1.165, 1.54) is 0 Å². The molecule has 3 fully saturated rings. The van der Waals surface area contributed by atoms with Gasteiger partial charge in [0.25, 0.3) is 5.91 Å². The van der Waals surface area contributed by atoms with Crippen molar-refractivity contribution < 1.29 is 28.5 Å². The van der Waals surface area contributed by atoms with E-state index in [9.17, 15) is 9.59 Å². The minimum Gasteiger partial charge on any atom is -0.490 e. The van der Waals surface area contributed by atoms with E-state index in [-0.39, 0.29) is 36.2 Å². The van der Waals surface area contributed by atoms with Crippen molar-refractivity contribution in [2.45, 2.75) is 75.5 Å². The standard InChI is InChI=1S/C46H40N6O6/c1-27-4-12-43(45(53)50-27)52-26-30-17-32(9-11-38(30)46(52)54)56-35-19-34(20-35)55-16-2-3-31-7-8-33(24-48-31)57-36-21-37(22-36)58-44-13-6-29(23-49-44)28-5-10-39-40-25-47-15-14-41(40)51-42(39)18-28/h5-11,13-15,17-18,23-25,34-37,43,51H,1,4,12,16,19-22,26H2,(H,50,53). The van der Waals surface area contributed by atoms with Crippen molar-refractivity contribution in [3.8, 4) is 40.3 Å². The van der Waals surface area contributed by atoms with Crippen LogP contribution in [0.25, 0.3) is 32.9 Å². The number of fused-ring (bicyclic) bond motifs is 4. The number of hydrogen-bond acceptors (Lipinski definition) is 9. The summed E-state index contributed by atoms with van der Waals surface area (Å²) in [5.41, 5.74) is 7.10. The van der Waals surface area contributed by atoms with E-state index >= 15 is 0 Å². The van der Waals surface area contributed by atoms with Crippen LogP contribution in [0.2, 0.25) is 0 Å². The number of carbonyl (C=O) groups is 2. The third-order valence-corrected chi connectivity index (χ3v) is 11.4. The van der Waals surface area contributed by atoms with E-state index in [2.05, 4.69) is 61.9 Å². The fourth-order valence-electron chi connectivity index (χ4n) is 8.08. The molecule has 4 aromatic heterocycles. The van der Waals surface area contributed by atoms with Gasteiger partial charge in [0.15, 0.2) is 0 Å². The number of ether oxygens (including phenoxy) is 4. The summed E-state index contributed by atoms with van der Waals surface area (Å²) in [5.74, 6) is 7.86. The number of aromatic nitrogens is 4. The molecule has 12 heteroatoms. The van der Waals surface area contributed by atoms with Crippen LogP contribution >= 0.6 is 0 Å². The van der Waals surface area contributed by atoms with Crippen molar-refractivity contribution in [1.82, 2.24) is 30.2 Å². The molecule has 58 heavy (non-hydrogen) atoms. The summed E-state index contributed by atoms with van der Waals surface area (Å²) in [6.45, 7) is 4.53. The van der Waals surface area contributed by atoms with Crippen molar-refractivity contribution in [2.75, 3.05) is 6.61 Å². The number of H-pyrrole nitrogens is 1. The molecule has 2 aliphatic heterocycles. The second-order valence-electron chi connectivity index (χ2n) is 15.4. The maximum Gasteiger partial charge on any atom is 0.255 e. The minimum atomic E-state index is -0.479. The Balaban J connectivity index is 0.629. The quantitative estimate of drug-likeness (QED) is 0.143. The highest BCUT2D eigenvalue weighted by molar-refractivity contribution is 6.07. The van der Waals surface area contributed by atoms with E-state index in [1.54, 1.807) is 23.4 Å². The number of amides is 2. The Kier molecular flexibility index (Phi) is 9.22. The first kappa shape index (κ1) is 35.7. The third kappa shape index (κ3) is 7.21. The molecule has 4 aliphatic rings.